The number of ether oxygens (including phenoxy) is 1. The van der Waals surface area contributed by atoms with Crippen LogP contribution in [0.3, 0.4) is 0 Å². The summed E-state index contributed by atoms with van der Waals surface area (Å²) in [6.45, 7) is 1.18. The van der Waals surface area contributed by atoms with Gasteiger partial charge in [-0.1, -0.05) is 48.5 Å². The minimum atomic E-state index is -5.11. The van der Waals surface area contributed by atoms with Crippen LogP contribution in [-0.2, 0) is 14.3 Å². The Hall–Kier alpha value is -3.56. The van der Waals surface area contributed by atoms with E-state index in [1.807, 2.05) is 48.5 Å². The molecule has 2 aliphatic carbocycles. The summed E-state index contributed by atoms with van der Waals surface area (Å²) in [6.07, 6.45) is -5.83. The van der Waals surface area contributed by atoms with Crippen LogP contribution in [0.4, 0.5) is 18.0 Å². The number of aliphatic carboxylic acids is 1. The van der Waals surface area contributed by atoms with Gasteiger partial charge in [0.1, 0.15) is 6.61 Å². The average Bonchev–Trinajstić information content (AvgIpc) is 3.59. The van der Waals surface area contributed by atoms with E-state index >= 15 is 0 Å². The maximum absolute atomic E-state index is 13.7. The summed E-state index contributed by atoms with van der Waals surface area (Å²) in [4.78, 5) is 36.1. The first-order chi connectivity index (χ1) is 16.5. The Bertz CT molecular complexity index is 1100. The molecule has 35 heavy (non-hydrogen) atoms. The van der Waals surface area contributed by atoms with Gasteiger partial charge in [0.2, 0.25) is 6.04 Å². The molecule has 0 spiro atoms. The zero-order valence-corrected chi connectivity index (χ0v) is 18.9. The first kappa shape index (κ1) is 24.6. The van der Waals surface area contributed by atoms with E-state index in [9.17, 15) is 27.6 Å². The highest BCUT2D eigenvalue weighted by Gasteiger charge is 2.51. The smallest absolute Gasteiger partial charge is 0.417 e. The van der Waals surface area contributed by atoms with Gasteiger partial charge in [-0.15, -0.1) is 0 Å². The highest BCUT2D eigenvalue weighted by molar-refractivity contribution is 5.87. The van der Waals surface area contributed by atoms with Gasteiger partial charge in [-0.2, -0.15) is 13.2 Å². The van der Waals surface area contributed by atoms with Crippen LogP contribution in [-0.4, -0.2) is 47.4 Å². The molecule has 2 aromatic carbocycles. The number of carboxylic acids is 1. The second-order valence-corrected chi connectivity index (χ2v) is 9.20. The lowest BCUT2D eigenvalue weighted by atomic mass is 9.91. The van der Waals surface area contributed by atoms with Gasteiger partial charge in [-0.25, -0.2) is 4.79 Å². The zero-order valence-electron chi connectivity index (χ0n) is 18.9. The molecule has 0 heterocycles. The van der Waals surface area contributed by atoms with Gasteiger partial charge in [0.25, 0.3) is 5.91 Å². The summed E-state index contributed by atoms with van der Waals surface area (Å²) in [5, 5.41) is 13.0. The molecular weight excluding hydrogens is 465 g/mol. The molecule has 7 nitrogen and oxygen atoms in total. The Labute approximate surface area is 199 Å². The van der Waals surface area contributed by atoms with Crippen molar-refractivity contribution in [2.75, 3.05) is 6.61 Å². The molecule has 0 aliphatic heterocycles. The number of carboxylic acid groups (broad SMARTS) is 1. The topological polar surface area (TPSA) is 105 Å². The van der Waals surface area contributed by atoms with E-state index in [1.54, 1.807) is 5.32 Å². The molecule has 186 valence electrons. The van der Waals surface area contributed by atoms with Crippen molar-refractivity contribution >= 4 is 18.0 Å². The molecule has 4 rings (SSSR count). The fraction of sp³-hybridized carbons (Fsp3) is 0.400. The number of rotatable bonds is 8. The van der Waals surface area contributed by atoms with Crippen molar-refractivity contribution in [2.45, 2.75) is 49.9 Å². The number of fused-ring (bicyclic) bond motifs is 3. The summed E-state index contributed by atoms with van der Waals surface area (Å²) in [5.74, 6) is -3.37. The third kappa shape index (κ3) is 5.26. The van der Waals surface area contributed by atoms with E-state index in [0.717, 1.165) is 22.3 Å². The van der Waals surface area contributed by atoms with E-state index in [1.165, 1.54) is 6.92 Å². The molecular formula is C25H25F3N2O5. The zero-order chi connectivity index (χ0) is 25.4. The summed E-state index contributed by atoms with van der Waals surface area (Å²) in [6, 6.07) is 12.1. The maximum Gasteiger partial charge on any atom is 0.417 e. The first-order valence-electron chi connectivity index (χ1n) is 11.2. The van der Waals surface area contributed by atoms with E-state index in [0.29, 0.717) is 12.8 Å². The number of benzene rings is 2. The van der Waals surface area contributed by atoms with Crippen LogP contribution in [0.15, 0.2) is 48.5 Å². The lowest BCUT2D eigenvalue weighted by Crippen LogP contribution is -2.60. The van der Waals surface area contributed by atoms with Crippen molar-refractivity contribution < 1.29 is 37.4 Å². The van der Waals surface area contributed by atoms with Crippen molar-refractivity contribution in [3.63, 3.8) is 0 Å². The Balaban J connectivity index is 1.44. The molecule has 2 atom stereocenters. The molecule has 2 unspecified atom stereocenters. The second-order valence-electron chi connectivity index (χ2n) is 9.20. The number of halogens is 3. The number of hydrogen-bond acceptors (Lipinski definition) is 4. The number of carbonyl (C=O) groups is 3. The molecule has 0 saturated heterocycles. The van der Waals surface area contributed by atoms with Crippen molar-refractivity contribution in [3.8, 4) is 11.1 Å². The van der Waals surface area contributed by atoms with Gasteiger partial charge in [0.05, 0.1) is 12.0 Å². The summed E-state index contributed by atoms with van der Waals surface area (Å²) >= 11 is 0. The largest absolute Gasteiger partial charge is 0.481 e. The van der Waals surface area contributed by atoms with Crippen LogP contribution in [0.1, 0.15) is 43.2 Å². The number of alkyl carbamates (subject to hydrolysis) is 1. The highest BCUT2D eigenvalue weighted by atomic mass is 19.4. The van der Waals surface area contributed by atoms with Crippen molar-refractivity contribution in [3.05, 3.63) is 59.7 Å². The fourth-order valence-electron chi connectivity index (χ4n) is 4.73. The van der Waals surface area contributed by atoms with Crippen molar-refractivity contribution in [2.24, 2.45) is 5.92 Å². The number of amides is 2. The van der Waals surface area contributed by atoms with E-state index < -0.39 is 42.1 Å². The molecule has 1 fully saturated rings. The quantitative estimate of drug-likeness (QED) is 0.514. The highest BCUT2D eigenvalue weighted by Crippen LogP contribution is 2.44. The lowest BCUT2D eigenvalue weighted by Gasteiger charge is -2.32. The summed E-state index contributed by atoms with van der Waals surface area (Å²) < 4.78 is 46.2. The van der Waals surface area contributed by atoms with Gasteiger partial charge in [0.15, 0.2) is 0 Å². The van der Waals surface area contributed by atoms with E-state index in [-0.39, 0.29) is 18.4 Å². The number of alkyl halides is 3. The van der Waals surface area contributed by atoms with Crippen LogP contribution in [0.2, 0.25) is 0 Å². The maximum atomic E-state index is 13.7. The predicted octanol–water partition coefficient (Wildman–Crippen LogP) is 4.22. The van der Waals surface area contributed by atoms with Crippen molar-refractivity contribution in [1.82, 2.24) is 10.6 Å². The normalized spacial score (nSPS) is 17.5. The van der Waals surface area contributed by atoms with Gasteiger partial charge in [-0.05, 0) is 47.9 Å². The van der Waals surface area contributed by atoms with Crippen LogP contribution in [0.25, 0.3) is 11.1 Å². The molecule has 0 bridgehead atoms. The minimum absolute atomic E-state index is 0.217. The third-order valence-corrected chi connectivity index (χ3v) is 6.60. The average molecular weight is 490 g/mol. The standard InChI is InChI=1S/C25H25F3N2O5/c1-24(12-20(31)32,14-10-11-14)30-22(33)21(25(26,27)28)29-23(34)35-13-19-17-8-4-2-6-15(17)16-7-3-5-9-18(16)19/h2-9,14,19,21H,10-13H2,1H3,(H,29,34)(H,30,33)(H,31,32). The molecule has 3 N–H and O–H groups in total. The Morgan fingerprint density at radius 1 is 1.03 bits per heavy atom. The molecule has 2 aliphatic rings. The fourth-order valence-corrected chi connectivity index (χ4v) is 4.73. The molecule has 1 saturated carbocycles. The van der Waals surface area contributed by atoms with Crippen LogP contribution < -0.4 is 10.6 Å². The SMILES string of the molecule is CC(CC(=O)O)(NC(=O)C(NC(=O)OCC1c2ccccc2-c2ccccc21)C(F)(F)F)C1CC1. The van der Waals surface area contributed by atoms with E-state index in [4.69, 9.17) is 9.84 Å². The van der Waals surface area contributed by atoms with Crippen LogP contribution in [0, 0.1) is 5.92 Å². The van der Waals surface area contributed by atoms with Crippen LogP contribution in [0.5, 0.6) is 0 Å². The van der Waals surface area contributed by atoms with Crippen LogP contribution >= 0.6 is 0 Å². The second kappa shape index (κ2) is 9.24. The van der Waals surface area contributed by atoms with E-state index in [2.05, 4.69) is 5.32 Å². The molecule has 0 radical (unpaired) electrons. The van der Waals surface area contributed by atoms with Crippen molar-refractivity contribution in [1.29, 1.82) is 0 Å². The van der Waals surface area contributed by atoms with Gasteiger partial charge >= 0.3 is 18.2 Å². The Kier molecular flexibility index (Phi) is 6.48. The lowest BCUT2D eigenvalue weighted by molar-refractivity contribution is -0.168. The molecule has 2 aromatic rings. The monoisotopic (exact) mass is 490 g/mol. The molecule has 10 heteroatoms. The molecule has 2 amide bonds. The van der Waals surface area contributed by atoms with Gasteiger partial charge in [0, 0.05) is 5.92 Å². The number of hydrogen-bond donors (Lipinski definition) is 3. The minimum Gasteiger partial charge on any atom is -0.481 e. The summed E-state index contributed by atoms with van der Waals surface area (Å²) in [7, 11) is 0. The Morgan fingerprint density at radius 2 is 1.57 bits per heavy atom. The van der Waals surface area contributed by atoms with Gasteiger partial charge < -0.3 is 20.5 Å². The third-order valence-electron chi connectivity index (χ3n) is 6.60. The number of carbonyl (C=O) groups excluding carboxylic acids is 2. The first-order valence-corrected chi connectivity index (χ1v) is 11.2. The van der Waals surface area contributed by atoms with Gasteiger partial charge in [-0.3, -0.25) is 9.59 Å². The molecule has 0 aromatic heterocycles. The number of nitrogens with one attached hydrogen (secondary N) is 2. The predicted molar refractivity (Wildman–Crippen MR) is 120 cm³/mol. The summed E-state index contributed by atoms with van der Waals surface area (Å²) in [5.41, 5.74) is 2.35. The Morgan fingerprint density at radius 3 is 2.06 bits per heavy atom.